The number of aryl methyl sites for hydroxylation is 1. The first-order chi connectivity index (χ1) is 9.20. The zero-order chi connectivity index (χ0) is 15.5. The zero-order valence-electron chi connectivity index (χ0n) is 14.1. The molecule has 1 aromatic rings. The third-order valence-electron chi connectivity index (χ3n) is 1.67. The highest BCUT2D eigenvalue weighted by molar-refractivity contribution is 5.77. The molecule has 0 aliphatic heterocycles. The van der Waals surface area contributed by atoms with Crippen molar-refractivity contribution in [2.45, 2.75) is 54.9 Å². The molecule has 0 N–H and O–H groups in total. The maximum Gasteiger partial charge on any atom is 0.0372 e. The number of aromatic nitrogens is 1. The molecule has 0 radical (unpaired) electrons. The Morgan fingerprint density at radius 1 is 1.21 bits per heavy atom. The van der Waals surface area contributed by atoms with Crippen molar-refractivity contribution in [3.8, 4) is 0 Å². The summed E-state index contributed by atoms with van der Waals surface area (Å²) in [6, 6.07) is 5.86. The summed E-state index contributed by atoms with van der Waals surface area (Å²) in [4.78, 5) is 7.84. The third-order valence-corrected chi connectivity index (χ3v) is 1.67. The Labute approximate surface area is 120 Å². The predicted octanol–water partition coefficient (Wildman–Crippen LogP) is 5.49. The monoisotopic (exact) mass is 264 g/mol. The van der Waals surface area contributed by atoms with Crippen LogP contribution in [-0.2, 0) is 0 Å². The van der Waals surface area contributed by atoms with Gasteiger partial charge >= 0.3 is 0 Å². The van der Waals surface area contributed by atoms with Gasteiger partial charge in [0.05, 0.1) is 0 Å². The lowest BCUT2D eigenvalue weighted by Crippen LogP contribution is -1.74. The molecular weight excluding hydrogens is 232 g/mol. The molecule has 19 heavy (non-hydrogen) atoms. The fourth-order valence-corrected chi connectivity index (χ4v) is 1.03. The Morgan fingerprint density at radius 3 is 2.05 bits per heavy atom. The molecule has 0 amide bonds. The van der Waals surface area contributed by atoms with E-state index in [0.29, 0.717) is 0 Å². The van der Waals surface area contributed by atoms with E-state index >= 15 is 0 Å². The van der Waals surface area contributed by atoms with Gasteiger partial charge in [0.25, 0.3) is 0 Å². The van der Waals surface area contributed by atoms with Gasteiger partial charge < -0.3 is 0 Å². The molecule has 2 nitrogen and oxygen atoms in total. The highest BCUT2D eigenvalue weighted by atomic mass is 14.6. The van der Waals surface area contributed by atoms with E-state index in [0.717, 1.165) is 12.1 Å². The normalized spacial score (nSPS) is 9.37. The summed E-state index contributed by atoms with van der Waals surface area (Å²) in [6.07, 6.45) is 6.89. The Kier molecular flexibility index (Phi) is 26.1. The molecule has 0 spiro atoms. The van der Waals surface area contributed by atoms with Crippen LogP contribution in [0.3, 0.4) is 0 Å². The van der Waals surface area contributed by atoms with Gasteiger partial charge in [0.1, 0.15) is 0 Å². The number of pyridine rings is 1. The molecule has 1 aromatic heterocycles. The summed E-state index contributed by atoms with van der Waals surface area (Å²) in [5, 5.41) is 0. The number of aliphatic imine (C=N–C) groups is 1. The molecular formula is C17H32N2. The average molecular weight is 264 g/mol. The maximum absolute atomic E-state index is 3.98. The first-order valence-corrected chi connectivity index (χ1v) is 7.17. The molecule has 2 heteroatoms. The highest BCUT2D eigenvalue weighted by Crippen LogP contribution is 1.89. The van der Waals surface area contributed by atoms with Crippen LogP contribution in [0.4, 0.5) is 0 Å². The molecule has 110 valence electrons. The summed E-state index contributed by atoms with van der Waals surface area (Å²) in [5.74, 6) is 0. The first-order valence-electron chi connectivity index (χ1n) is 7.17. The van der Waals surface area contributed by atoms with E-state index in [-0.39, 0.29) is 0 Å². The average Bonchev–Trinajstić information content (AvgIpc) is 2.45. The van der Waals surface area contributed by atoms with Gasteiger partial charge in [-0.05, 0) is 38.0 Å². The second kappa shape index (κ2) is 21.8. The number of hydrogen-bond acceptors (Lipinski definition) is 2. The standard InChI is InChI=1S/C7H13N.C6H7N.2C2H6/c1-4-5-7(2)6-8-3;1-6-4-2-3-5-7-6;2*1-2/h5-6H,4H2,1-3H3;2-5H,1H3;2*1-2H3/b7-5-,8-6?;;;. The zero-order valence-corrected chi connectivity index (χ0v) is 14.1. The SMILES string of the molecule is CC.CC.CC/C=C(/C)C=NC.Cc1ccccn1. The fourth-order valence-electron chi connectivity index (χ4n) is 1.03. The van der Waals surface area contributed by atoms with Crippen LogP contribution in [0.15, 0.2) is 41.0 Å². The van der Waals surface area contributed by atoms with E-state index in [1.54, 1.807) is 13.2 Å². The van der Waals surface area contributed by atoms with Gasteiger partial charge in [-0.25, -0.2) is 0 Å². The second-order valence-corrected chi connectivity index (χ2v) is 3.21. The van der Waals surface area contributed by atoms with E-state index < -0.39 is 0 Å². The number of allylic oxidation sites excluding steroid dienone is 2. The molecule has 0 aliphatic rings. The van der Waals surface area contributed by atoms with Crippen LogP contribution in [0, 0.1) is 6.92 Å². The van der Waals surface area contributed by atoms with Crippen LogP contribution in [0.2, 0.25) is 0 Å². The largest absolute Gasteiger partial charge is 0.296 e. The Hall–Kier alpha value is -1.44. The van der Waals surface area contributed by atoms with Crippen molar-refractivity contribution < 1.29 is 0 Å². The van der Waals surface area contributed by atoms with Crippen molar-refractivity contribution in [1.82, 2.24) is 4.98 Å². The smallest absolute Gasteiger partial charge is 0.0372 e. The van der Waals surface area contributed by atoms with Gasteiger partial charge in [0.2, 0.25) is 0 Å². The molecule has 1 rings (SSSR count). The van der Waals surface area contributed by atoms with E-state index in [4.69, 9.17) is 0 Å². The van der Waals surface area contributed by atoms with E-state index in [1.807, 2.05) is 59.0 Å². The Bertz CT molecular complexity index is 300. The highest BCUT2D eigenvalue weighted by Gasteiger charge is 1.75. The quantitative estimate of drug-likeness (QED) is 0.649. The van der Waals surface area contributed by atoms with Crippen LogP contribution in [-0.4, -0.2) is 18.2 Å². The molecule has 0 aliphatic carbocycles. The van der Waals surface area contributed by atoms with E-state index in [9.17, 15) is 0 Å². The molecule has 0 atom stereocenters. The van der Waals surface area contributed by atoms with Gasteiger partial charge in [0, 0.05) is 25.2 Å². The van der Waals surface area contributed by atoms with E-state index in [1.165, 1.54) is 5.57 Å². The van der Waals surface area contributed by atoms with Crippen LogP contribution < -0.4 is 0 Å². The van der Waals surface area contributed by atoms with Crippen molar-refractivity contribution in [3.63, 3.8) is 0 Å². The van der Waals surface area contributed by atoms with Crippen LogP contribution >= 0.6 is 0 Å². The lowest BCUT2D eigenvalue weighted by molar-refractivity contribution is 1.20. The summed E-state index contributed by atoms with van der Waals surface area (Å²) in [6.45, 7) is 14.1. The molecule has 0 saturated carbocycles. The van der Waals surface area contributed by atoms with Crippen molar-refractivity contribution in [1.29, 1.82) is 0 Å². The maximum atomic E-state index is 3.98. The predicted molar refractivity (Wildman–Crippen MR) is 90.1 cm³/mol. The van der Waals surface area contributed by atoms with Gasteiger partial charge in [-0.1, -0.05) is 46.8 Å². The van der Waals surface area contributed by atoms with Crippen molar-refractivity contribution >= 4 is 6.21 Å². The number of hydrogen-bond donors (Lipinski definition) is 0. The van der Waals surface area contributed by atoms with Crippen molar-refractivity contribution in [2.24, 2.45) is 4.99 Å². The lowest BCUT2D eigenvalue weighted by atomic mass is 10.3. The van der Waals surface area contributed by atoms with Gasteiger partial charge in [0.15, 0.2) is 0 Å². The molecule has 0 unspecified atom stereocenters. The van der Waals surface area contributed by atoms with Gasteiger partial charge in [-0.15, -0.1) is 0 Å². The van der Waals surface area contributed by atoms with Crippen LogP contribution in [0.1, 0.15) is 53.7 Å². The van der Waals surface area contributed by atoms with Crippen LogP contribution in [0.25, 0.3) is 0 Å². The molecule has 0 bridgehead atoms. The lowest BCUT2D eigenvalue weighted by Gasteiger charge is -1.84. The second-order valence-electron chi connectivity index (χ2n) is 3.21. The summed E-state index contributed by atoms with van der Waals surface area (Å²) in [5.41, 5.74) is 2.32. The molecule has 0 saturated heterocycles. The number of rotatable bonds is 2. The minimum absolute atomic E-state index is 1.07. The van der Waals surface area contributed by atoms with Crippen LogP contribution in [0.5, 0.6) is 0 Å². The fraction of sp³-hybridized carbons (Fsp3) is 0.529. The Morgan fingerprint density at radius 2 is 1.79 bits per heavy atom. The summed E-state index contributed by atoms with van der Waals surface area (Å²) in [7, 11) is 1.78. The van der Waals surface area contributed by atoms with E-state index in [2.05, 4.69) is 29.9 Å². The summed E-state index contributed by atoms with van der Waals surface area (Å²) >= 11 is 0. The van der Waals surface area contributed by atoms with Gasteiger partial charge in [-0.2, -0.15) is 0 Å². The molecule has 0 aromatic carbocycles. The summed E-state index contributed by atoms with van der Waals surface area (Å²) < 4.78 is 0. The van der Waals surface area contributed by atoms with Crippen molar-refractivity contribution in [3.05, 3.63) is 41.7 Å². The number of nitrogens with zero attached hydrogens (tertiary/aromatic N) is 2. The Balaban J connectivity index is -0.000000214. The van der Waals surface area contributed by atoms with Gasteiger partial charge in [-0.3, -0.25) is 9.98 Å². The topological polar surface area (TPSA) is 25.2 Å². The first kappa shape index (κ1) is 22.7. The minimum atomic E-state index is 1.07. The third kappa shape index (κ3) is 22.3. The van der Waals surface area contributed by atoms with Crippen molar-refractivity contribution in [2.75, 3.05) is 7.05 Å². The molecule has 0 fully saturated rings. The minimum Gasteiger partial charge on any atom is -0.296 e. The molecule has 1 heterocycles.